The van der Waals surface area contributed by atoms with Crippen LogP contribution < -0.4 is 10.6 Å². The van der Waals surface area contributed by atoms with Crippen molar-refractivity contribution < 1.29 is 0 Å². The zero-order valence-corrected chi connectivity index (χ0v) is 18.3. The summed E-state index contributed by atoms with van der Waals surface area (Å²) in [5.74, 6) is 3.73. The van der Waals surface area contributed by atoms with Gasteiger partial charge < -0.3 is 19.8 Å². The first kappa shape index (κ1) is 21.8. The zero-order valence-electron chi connectivity index (χ0n) is 15.1. The topological polar surface area (TPSA) is 72.1 Å². The van der Waals surface area contributed by atoms with E-state index in [2.05, 4.69) is 49.0 Å². The predicted molar refractivity (Wildman–Crippen MR) is 116 cm³/mol. The van der Waals surface area contributed by atoms with Gasteiger partial charge in [0.2, 0.25) is 0 Å². The molecule has 0 radical (unpaired) electrons. The SMILES string of the molecule is CSCCCNC(=NCc1nnc(C)n1C)NCCn1cccc1.I. The number of halogens is 1. The molecule has 0 atom stereocenters. The summed E-state index contributed by atoms with van der Waals surface area (Å²) in [6, 6.07) is 4.07. The minimum atomic E-state index is 0. The Morgan fingerprint density at radius 3 is 2.56 bits per heavy atom. The van der Waals surface area contributed by atoms with Crippen LogP contribution in [0.4, 0.5) is 0 Å². The molecule has 7 nitrogen and oxygen atoms in total. The van der Waals surface area contributed by atoms with Crippen molar-refractivity contribution in [3.8, 4) is 0 Å². The van der Waals surface area contributed by atoms with Gasteiger partial charge in [0.15, 0.2) is 11.8 Å². The van der Waals surface area contributed by atoms with Crippen LogP contribution >= 0.6 is 35.7 Å². The monoisotopic (exact) mass is 477 g/mol. The van der Waals surface area contributed by atoms with E-state index >= 15 is 0 Å². The van der Waals surface area contributed by atoms with Crippen LogP contribution in [-0.4, -0.2) is 50.4 Å². The van der Waals surface area contributed by atoms with Crippen molar-refractivity contribution in [1.29, 1.82) is 0 Å². The molecule has 0 unspecified atom stereocenters. The Hall–Kier alpha value is -1.23. The van der Waals surface area contributed by atoms with E-state index in [-0.39, 0.29) is 24.0 Å². The molecule has 9 heteroatoms. The lowest BCUT2D eigenvalue weighted by atomic mass is 10.5. The molecule has 0 spiro atoms. The number of hydrogen-bond donors (Lipinski definition) is 2. The second-order valence-corrected chi connectivity index (χ2v) is 6.49. The van der Waals surface area contributed by atoms with Crippen LogP contribution in [0.25, 0.3) is 0 Å². The van der Waals surface area contributed by atoms with E-state index in [1.54, 1.807) is 0 Å². The average molecular weight is 477 g/mol. The number of aliphatic imine (C=N–C) groups is 1. The lowest BCUT2D eigenvalue weighted by Gasteiger charge is -2.13. The Balaban J connectivity index is 0.00000312. The largest absolute Gasteiger partial charge is 0.356 e. The van der Waals surface area contributed by atoms with Crippen molar-refractivity contribution in [3.63, 3.8) is 0 Å². The van der Waals surface area contributed by atoms with E-state index in [1.165, 1.54) is 0 Å². The Bertz CT molecular complexity index is 624. The fraction of sp³-hybridized carbons (Fsp3) is 0.562. The molecule has 0 aliphatic rings. The lowest BCUT2D eigenvalue weighted by Crippen LogP contribution is -2.39. The van der Waals surface area contributed by atoms with Crippen LogP contribution in [0.15, 0.2) is 29.5 Å². The average Bonchev–Trinajstić information content (AvgIpc) is 3.20. The molecule has 0 saturated carbocycles. The van der Waals surface area contributed by atoms with Gasteiger partial charge in [0, 0.05) is 39.1 Å². The highest BCUT2D eigenvalue weighted by Gasteiger charge is 2.05. The van der Waals surface area contributed by atoms with Gasteiger partial charge in [0.25, 0.3) is 0 Å². The van der Waals surface area contributed by atoms with Gasteiger partial charge in [0.1, 0.15) is 12.4 Å². The van der Waals surface area contributed by atoms with Gasteiger partial charge in [-0.15, -0.1) is 34.2 Å². The molecule has 2 N–H and O–H groups in total. The number of guanidine groups is 1. The van der Waals surface area contributed by atoms with Gasteiger partial charge in [0.05, 0.1) is 0 Å². The molecule has 0 aromatic carbocycles. The highest BCUT2D eigenvalue weighted by molar-refractivity contribution is 14.0. The molecular weight excluding hydrogens is 449 g/mol. The molecule has 2 heterocycles. The van der Waals surface area contributed by atoms with Crippen molar-refractivity contribution >= 4 is 41.7 Å². The number of thioether (sulfide) groups is 1. The molecule has 2 aromatic rings. The molecule has 0 fully saturated rings. The third-order valence-electron chi connectivity index (χ3n) is 3.71. The van der Waals surface area contributed by atoms with Crippen LogP contribution in [0.5, 0.6) is 0 Å². The van der Waals surface area contributed by atoms with Gasteiger partial charge in [-0.2, -0.15) is 11.8 Å². The van der Waals surface area contributed by atoms with E-state index in [9.17, 15) is 0 Å². The van der Waals surface area contributed by atoms with E-state index in [1.807, 2.05) is 42.4 Å². The van der Waals surface area contributed by atoms with Crippen molar-refractivity contribution in [3.05, 3.63) is 36.2 Å². The summed E-state index contributed by atoms with van der Waals surface area (Å²) in [5.41, 5.74) is 0. The molecule has 0 bridgehead atoms. The van der Waals surface area contributed by atoms with Gasteiger partial charge in [-0.25, -0.2) is 4.99 Å². The maximum Gasteiger partial charge on any atom is 0.191 e. The number of nitrogens with one attached hydrogen (secondary N) is 2. The Kier molecular flexibility index (Phi) is 10.6. The molecule has 2 rings (SSSR count). The molecular formula is C16H28IN7S. The second kappa shape index (κ2) is 12.2. The summed E-state index contributed by atoms with van der Waals surface area (Å²) in [7, 11) is 1.96. The Morgan fingerprint density at radius 1 is 1.20 bits per heavy atom. The first-order chi connectivity index (χ1) is 11.7. The second-order valence-electron chi connectivity index (χ2n) is 5.51. The summed E-state index contributed by atoms with van der Waals surface area (Å²) < 4.78 is 4.11. The first-order valence-corrected chi connectivity index (χ1v) is 9.57. The molecule has 0 aliphatic heterocycles. The van der Waals surface area contributed by atoms with Crippen molar-refractivity contribution in [2.24, 2.45) is 12.0 Å². The van der Waals surface area contributed by atoms with Crippen molar-refractivity contribution in [2.45, 2.75) is 26.4 Å². The van der Waals surface area contributed by atoms with E-state index in [0.29, 0.717) is 6.54 Å². The van der Waals surface area contributed by atoms with Crippen LogP contribution in [0.3, 0.4) is 0 Å². The third-order valence-corrected chi connectivity index (χ3v) is 4.40. The van der Waals surface area contributed by atoms with Crippen LogP contribution in [-0.2, 0) is 20.1 Å². The molecule has 2 aromatic heterocycles. The quantitative estimate of drug-likeness (QED) is 0.250. The molecule has 25 heavy (non-hydrogen) atoms. The number of hydrogen-bond acceptors (Lipinski definition) is 4. The zero-order chi connectivity index (χ0) is 17.2. The van der Waals surface area contributed by atoms with Crippen molar-refractivity contribution in [2.75, 3.05) is 25.1 Å². The third kappa shape index (κ3) is 7.68. The highest BCUT2D eigenvalue weighted by atomic mass is 127. The van der Waals surface area contributed by atoms with Gasteiger partial charge in [-0.05, 0) is 37.5 Å². The summed E-state index contributed by atoms with van der Waals surface area (Å²) in [4.78, 5) is 4.64. The van der Waals surface area contributed by atoms with Gasteiger partial charge >= 0.3 is 0 Å². The fourth-order valence-corrected chi connectivity index (χ4v) is 2.59. The normalized spacial score (nSPS) is 11.2. The maximum absolute atomic E-state index is 4.64. The van der Waals surface area contributed by atoms with Gasteiger partial charge in [-0.1, -0.05) is 0 Å². The van der Waals surface area contributed by atoms with E-state index < -0.39 is 0 Å². The van der Waals surface area contributed by atoms with Crippen LogP contribution in [0, 0.1) is 6.92 Å². The number of rotatable bonds is 9. The predicted octanol–water partition coefficient (Wildman–Crippen LogP) is 2.03. The van der Waals surface area contributed by atoms with E-state index in [0.717, 1.165) is 49.4 Å². The number of aryl methyl sites for hydroxylation is 1. The molecule has 0 saturated heterocycles. The lowest BCUT2D eigenvalue weighted by molar-refractivity contribution is 0.660. The molecule has 0 aliphatic carbocycles. The molecule has 140 valence electrons. The first-order valence-electron chi connectivity index (χ1n) is 8.17. The highest BCUT2D eigenvalue weighted by Crippen LogP contribution is 1.99. The minimum Gasteiger partial charge on any atom is -0.356 e. The standard InChI is InChI=1S/C16H27N7S.HI/c1-14-20-21-15(22(14)2)13-19-16(17-7-6-12-24-3)18-8-11-23-9-4-5-10-23;/h4-5,9-10H,6-8,11-13H2,1-3H3,(H2,17,18,19);1H. The Morgan fingerprint density at radius 2 is 1.92 bits per heavy atom. The summed E-state index contributed by atoms with van der Waals surface area (Å²) in [6.07, 6.45) is 7.36. The number of aromatic nitrogens is 4. The summed E-state index contributed by atoms with van der Waals surface area (Å²) >= 11 is 1.86. The van der Waals surface area contributed by atoms with Crippen LogP contribution in [0.2, 0.25) is 0 Å². The van der Waals surface area contributed by atoms with E-state index in [4.69, 9.17) is 0 Å². The maximum atomic E-state index is 4.64. The van der Waals surface area contributed by atoms with Gasteiger partial charge in [-0.3, -0.25) is 0 Å². The summed E-state index contributed by atoms with van der Waals surface area (Å²) in [6.45, 7) is 5.09. The Labute approximate surface area is 171 Å². The van der Waals surface area contributed by atoms with Crippen molar-refractivity contribution in [1.82, 2.24) is 30.0 Å². The van der Waals surface area contributed by atoms with Crippen LogP contribution in [0.1, 0.15) is 18.1 Å². The summed E-state index contributed by atoms with van der Waals surface area (Å²) in [5, 5.41) is 15.0. The fourth-order valence-electron chi connectivity index (χ4n) is 2.16. The number of nitrogens with zero attached hydrogens (tertiary/aromatic N) is 5. The smallest absolute Gasteiger partial charge is 0.191 e. The minimum absolute atomic E-state index is 0. The molecule has 0 amide bonds.